The van der Waals surface area contributed by atoms with Gasteiger partial charge in [-0.05, 0) is 11.5 Å². The third-order valence-electron chi connectivity index (χ3n) is 3.17. The SMILES string of the molecule is COc1c2c(cc3ccccc13)C(=O)C=C(Cl)C2=O. The van der Waals surface area contributed by atoms with Crippen LogP contribution >= 0.6 is 11.6 Å². The minimum Gasteiger partial charge on any atom is -0.495 e. The molecule has 0 N–H and O–H groups in total. The largest absolute Gasteiger partial charge is 0.495 e. The average molecular weight is 273 g/mol. The Morgan fingerprint density at radius 2 is 1.89 bits per heavy atom. The highest BCUT2D eigenvalue weighted by Crippen LogP contribution is 2.37. The van der Waals surface area contributed by atoms with E-state index in [1.165, 1.54) is 7.11 Å². The van der Waals surface area contributed by atoms with Gasteiger partial charge >= 0.3 is 0 Å². The minimum atomic E-state index is -0.376. The summed E-state index contributed by atoms with van der Waals surface area (Å²) in [5.74, 6) is -0.250. The molecule has 19 heavy (non-hydrogen) atoms. The summed E-state index contributed by atoms with van der Waals surface area (Å²) in [6, 6.07) is 9.14. The van der Waals surface area contributed by atoms with E-state index in [0.29, 0.717) is 11.3 Å². The summed E-state index contributed by atoms with van der Waals surface area (Å²) in [4.78, 5) is 24.1. The summed E-state index contributed by atoms with van der Waals surface area (Å²) < 4.78 is 5.33. The molecule has 0 atom stereocenters. The van der Waals surface area contributed by atoms with Crippen molar-refractivity contribution >= 4 is 33.9 Å². The highest BCUT2D eigenvalue weighted by molar-refractivity contribution is 6.49. The van der Waals surface area contributed by atoms with Crippen molar-refractivity contribution in [2.24, 2.45) is 0 Å². The molecule has 2 aromatic carbocycles. The fourth-order valence-electron chi connectivity index (χ4n) is 2.32. The molecular weight excluding hydrogens is 264 g/mol. The summed E-state index contributed by atoms with van der Waals surface area (Å²) >= 11 is 5.81. The van der Waals surface area contributed by atoms with Crippen molar-refractivity contribution in [3.05, 3.63) is 52.6 Å². The van der Waals surface area contributed by atoms with Gasteiger partial charge in [-0.1, -0.05) is 35.9 Å². The van der Waals surface area contributed by atoms with Crippen LogP contribution in [-0.4, -0.2) is 18.7 Å². The zero-order chi connectivity index (χ0) is 13.6. The maximum atomic E-state index is 12.2. The Morgan fingerprint density at radius 3 is 2.63 bits per heavy atom. The molecule has 3 nitrogen and oxygen atoms in total. The van der Waals surface area contributed by atoms with E-state index in [4.69, 9.17) is 16.3 Å². The number of halogens is 1. The Kier molecular flexibility index (Phi) is 2.64. The van der Waals surface area contributed by atoms with Gasteiger partial charge < -0.3 is 4.74 Å². The van der Waals surface area contributed by atoms with E-state index in [2.05, 4.69) is 0 Å². The fraction of sp³-hybridized carbons (Fsp3) is 0.0667. The lowest BCUT2D eigenvalue weighted by molar-refractivity contribution is 0.0988. The molecule has 0 spiro atoms. The van der Waals surface area contributed by atoms with Crippen LogP contribution in [0.3, 0.4) is 0 Å². The van der Waals surface area contributed by atoms with Crippen LogP contribution in [0.5, 0.6) is 5.75 Å². The third-order valence-corrected chi connectivity index (χ3v) is 3.45. The average Bonchev–Trinajstić information content (AvgIpc) is 2.42. The highest BCUT2D eigenvalue weighted by Gasteiger charge is 2.29. The van der Waals surface area contributed by atoms with E-state index in [9.17, 15) is 9.59 Å². The Morgan fingerprint density at radius 1 is 1.16 bits per heavy atom. The van der Waals surface area contributed by atoms with Crippen molar-refractivity contribution in [3.8, 4) is 5.75 Å². The van der Waals surface area contributed by atoms with Gasteiger partial charge in [0.25, 0.3) is 0 Å². The molecule has 2 aromatic rings. The lowest BCUT2D eigenvalue weighted by Gasteiger charge is -2.17. The third kappa shape index (κ3) is 1.66. The van der Waals surface area contributed by atoms with Gasteiger partial charge in [0.1, 0.15) is 5.75 Å². The maximum absolute atomic E-state index is 12.2. The molecule has 0 aliphatic heterocycles. The molecule has 94 valence electrons. The fourth-order valence-corrected chi connectivity index (χ4v) is 2.52. The lowest BCUT2D eigenvalue weighted by atomic mass is 9.90. The molecule has 3 rings (SSSR count). The summed E-state index contributed by atoms with van der Waals surface area (Å²) in [7, 11) is 1.48. The van der Waals surface area contributed by atoms with Crippen LogP contribution in [0.4, 0.5) is 0 Å². The number of methoxy groups -OCH3 is 1. The molecule has 1 aliphatic rings. The number of ether oxygens (including phenoxy) is 1. The lowest BCUT2D eigenvalue weighted by Crippen LogP contribution is -2.16. The number of allylic oxidation sites excluding steroid dienone is 2. The van der Waals surface area contributed by atoms with Gasteiger partial charge in [-0.15, -0.1) is 0 Å². The van der Waals surface area contributed by atoms with Crippen molar-refractivity contribution in [2.45, 2.75) is 0 Å². The summed E-state index contributed by atoms with van der Waals surface area (Å²) in [5.41, 5.74) is 0.587. The Hall–Kier alpha value is -2.13. The Balaban J connectivity index is 2.47. The maximum Gasteiger partial charge on any atom is 0.209 e. The zero-order valence-electron chi connectivity index (χ0n) is 10.1. The molecule has 0 radical (unpaired) electrons. The number of hydrogen-bond acceptors (Lipinski definition) is 3. The van der Waals surface area contributed by atoms with Crippen LogP contribution < -0.4 is 4.74 Å². The van der Waals surface area contributed by atoms with E-state index < -0.39 is 0 Å². The van der Waals surface area contributed by atoms with Gasteiger partial charge in [0.15, 0.2) is 5.78 Å². The van der Waals surface area contributed by atoms with Crippen molar-refractivity contribution in [1.82, 2.24) is 0 Å². The normalized spacial score (nSPS) is 14.3. The van der Waals surface area contributed by atoms with E-state index in [1.54, 1.807) is 6.07 Å². The smallest absolute Gasteiger partial charge is 0.209 e. The van der Waals surface area contributed by atoms with Crippen molar-refractivity contribution in [3.63, 3.8) is 0 Å². The number of benzene rings is 2. The first kappa shape index (κ1) is 11.9. The van der Waals surface area contributed by atoms with Gasteiger partial charge in [-0.25, -0.2) is 0 Å². The van der Waals surface area contributed by atoms with E-state index in [-0.39, 0.29) is 22.2 Å². The summed E-state index contributed by atoms with van der Waals surface area (Å²) in [6.07, 6.45) is 1.15. The van der Waals surface area contributed by atoms with Gasteiger partial charge in [-0.2, -0.15) is 0 Å². The number of rotatable bonds is 1. The molecule has 0 aromatic heterocycles. The minimum absolute atomic E-state index is 0.0777. The number of carbonyl (C=O) groups excluding carboxylic acids is 2. The van der Waals surface area contributed by atoms with E-state index >= 15 is 0 Å². The van der Waals surface area contributed by atoms with Crippen LogP contribution in [0.15, 0.2) is 41.4 Å². The molecule has 0 fully saturated rings. The number of Topliss-reactive ketones (excluding diaryl/α,β-unsaturated/α-hetero) is 1. The van der Waals surface area contributed by atoms with Crippen LogP contribution in [0.1, 0.15) is 20.7 Å². The second kappa shape index (κ2) is 4.21. The molecule has 4 heteroatoms. The molecule has 0 saturated carbocycles. The van der Waals surface area contributed by atoms with Gasteiger partial charge in [0.05, 0.1) is 17.7 Å². The van der Waals surface area contributed by atoms with Crippen molar-refractivity contribution in [2.75, 3.05) is 7.11 Å². The van der Waals surface area contributed by atoms with Crippen molar-refractivity contribution < 1.29 is 14.3 Å². The number of fused-ring (bicyclic) bond motifs is 2. The predicted octanol–water partition coefficient (Wildman–Crippen LogP) is 3.35. The number of ketones is 2. The van der Waals surface area contributed by atoms with Crippen molar-refractivity contribution in [1.29, 1.82) is 0 Å². The van der Waals surface area contributed by atoms with E-state index in [1.807, 2.05) is 24.3 Å². The molecule has 1 aliphatic carbocycles. The first-order chi connectivity index (χ1) is 9.13. The van der Waals surface area contributed by atoms with Gasteiger partial charge in [0.2, 0.25) is 5.78 Å². The predicted molar refractivity (Wildman–Crippen MR) is 73.1 cm³/mol. The number of hydrogen-bond donors (Lipinski definition) is 0. The quantitative estimate of drug-likeness (QED) is 0.799. The molecule has 0 amide bonds. The standard InChI is InChI=1S/C15H9ClO3/c1-19-15-9-5-3-2-4-8(9)6-10-12(17)7-11(16)14(18)13(10)15/h2-7H,1H3. The second-order valence-corrected chi connectivity index (χ2v) is 4.65. The van der Waals surface area contributed by atoms with Gasteiger partial charge in [0, 0.05) is 17.0 Å². The molecule has 0 unspecified atom stereocenters. The molecule has 0 bridgehead atoms. The molecular formula is C15H9ClO3. The number of carbonyl (C=O) groups is 2. The van der Waals surface area contributed by atoms with Crippen LogP contribution in [0.25, 0.3) is 10.8 Å². The Bertz CT molecular complexity index is 759. The van der Waals surface area contributed by atoms with Crippen LogP contribution in [0.2, 0.25) is 0 Å². The van der Waals surface area contributed by atoms with E-state index in [0.717, 1.165) is 16.8 Å². The summed E-state index contributed by atoms with van der Waals surface area (Å²) in [5, 5.41) is 1.56. The van der Waals surface area contributed by atoms with Crippen LogP contribution in [0, 0.1) is 0 Å². The zero-order valence-corrected chi connectivity index (χ0v) is 10.8. The highest BCUT2D eigenvalue weighted by atomic mass is 35.5. The molecule has 0 heterocycles. The topological polar surface area (TPSA) is 43.4 Å². The van der Waals surface area contributed by atoms with Crippen LogP contribution in [-0.2, 0) is 0 Å². The van der Waals surface area contributed by atoms with Gasteiger partial charge in [-0.3, -0.25) is 9.59 Å². The molecule has 0 saturated heterocycles. The monoisotopic (exact) mass is 272 g/mol. The Labute approximate surface area is 114 Å². The summed E-state index contributed by atoms with van der Waals surface area (Å²) in [6.45, 7) is 0. The second-order valence-electron chi connectivity index (χ2n) is 4.24. The first-order valence-electron chi connectivity index (χ1n) is 5.69. The first-order valence-corrected chi connectivity index (χ1v) is 6.07.